The minimum absolute atomic E-state index is 0.989. The lowest BCUT2D eigenvalue weighted by atomic mass is 10.1. The maximum absolute atomic E-state index is 8.88. The third-order valence-corrected chi connectivity index (χ3v) is 4.47. The molecule has 0 fully saturated rings. The first-order chi connectivity index (χ1) is 15.3. The van der Waals surface area contributed by atoms with E-state index in [-0.39, 0.29) is 0 Å². The Labute approximate surface area is 192 Å². The van der Waals surface area contributed by atoms with Crippen LogP contribution in [0.2, 0.25) is 0 Å². The van der Waals surface area contributed by atoms with Gasteiger partial charge in [0.25, 0.3) is 0 Å². The van der Waals surface area contributed by atoms with Crippen LogP contribution in [-0.2, 0) is 9.13 Å². The van der Waals surface area contributed by atoms with E-state index in [0.29, 0.717) is 0 Å². The summed E-state index contributed by atoms with van der Waals surface area (Å²) in [5.74, 6) is 0. The van der Waals surface area contributed by atoms with Gasteiger partial charge in [-0.25, -0.2) is 9.13 Å². The summed E-state index contributed by atoms with van der Waals surface area (Å²) in [6.45, 7) is 8.83. The Morgan fingerprint density at radius 3 is 1.91 bits per heavy atom. The predicted octanol–water partition coefficient (Wildman–Crippen LogP) is 2.67. The van der Waals surface area contributed by atoms with Gasteiger partial charge in [-0.15, -0.1) is 0 Å². The molecule has 0 spiro atoms. The predicted molar refractivity (Wildman–Crippen MR) is 129 cm³/mol. The molecule has 0 unspecified atom stereocenters. The molecule has 0 radical (unpaired) electrons. The molecule has 13 heteroatoms. The molecular formula is C20H31N3O8P2. The van der Waals surface area contributed by atoms with Crippen LogP contribution in [0.1, 0.15) is 20.3 Å². The van der Waals surface area contributed by atoms with Gasteiger partial charge in [0.1, 0.15) is 0 Å². The number of nitrogens with one attached hydrogen (secondary N) is 1. The van der Waals surface area contributed by atoms with E-state index < -0.39 is 15.6 Å². The van der Waals surface area contributed by atoms with E-state index in [1.54, 1.807) is 0 Å². The molecule has 0 saturated carbocycles. The second kappa shape index (κ2) is 13.7. The Kier molecular flexibility index (Phi) is 12.1. The van der Waals surface area contributed by atoms with Gasteiger partial charge in [-0.05, 0) is 55.0 Å². The van der Waals surface area contributed by atoms with Crippen molar-refractivity contribution in [3.05, 3.63) is 48.7 Å². The normalized spacial score (nSPS) is 11.5. The van der Waals surface area contributed by atoms with Crippen LogP contribution in [0, 0.1) is 0 Å². The highest BCUT2D eigenvalue weighted by Gasteiger charge is 2.05. The molecule has 0 amide bonds. The minimum Gasteiger partial charge on any atom is -0.384 e. The summed E-state index contributed by atoms with van der Waals surface area (Å²) >= 11 is 0. The van der Waals surface area contributed by atoms with Crippen molar-refractivity contribution in [2.45, 2.75) is 20.3 Å². The molecule has 1 aromatic heterocycles. The molecule has 1 heterocycles. The van der Waals surface area contributed by atoms with Gasteiger partial charge in [0.05, 0.1) is 5.52 Å². The SMILES string of the molecule is CCN(CC)CCCNc1ccnc2cc3ccccc3cc12.O=P(O)(O)O.O=P(O)(O)O. The maximum atomic E-state index is 8.88. The molecule has 0 saturated heterocycles. The molecule has 0 aliphatic rings. The number of hydrogen-bond donors (Lipinski definition) is 7. The number of nitrogens with zero attached hydrogens (tertiary/aromatic N) is 2. The molecule has 184 valence electrons. The van der Waals surface area contributed by atoms with Crippen molar-refractivity contribution in [2.24, 2.45) is 0 Å². The van der Waals surface area contributed by atoms with E-state index in [0.717, 1.165) is 38.1 Å². The van der Waals surface area contributed by atoms with Crippen molar-refractivity contribution in [3.63, 3.8) is 0 Å². The quantitative estimate of drug-likeness (QED) is 0.143. The zero-order valence-electron chi connectivity index (χ0n) is 18.4. The first kappa shape index (κ1) is 29.1. The van der Waals surface area contributed by atoms with E-state index in [2.05, 4.69) is 71.5 Å². The molecule has 33 heavy (non-hydrogen) atoms. The van der Waals surface area contributed by atoms with Crippen LogP contribution in [0.3, 0.4) is 0 Å². The third-order valence-electron chi connectivity index (χ3n) is 4.47. The zero-order chi connectivity index (χ0) is 25.1. The Hall–Kier alpha value is -1.91. The first-order valence-electron chi connectivity index (χ1n) is 10.1. The van der Waals surface area contributed by atoms with Crippen LogP contribution in [0.4, 0.5) is 5.69 Å². The minimum atomic E-state index is -4.64. The van der Waals surface area contributed by atoms with Crippen molar-refractivity contribution < 1.29 is 38.5 Å². The number of pyridine rings is 1. The third kappa shape index (κ3) is 13.4. The van der Waals surface area contributed by atoms with Crippen molar-refractivity contribution in [2.75, 3.05) is 31.5 Å². The smallest absolute Gasteiger partial charge is 0.384 e. The molecule has 0 aliphatic heterocycles. The summed E-state index contributed by atoms with van der Waals surface area (Å²) in [5, 5.41) is 7.30. The topological polar surface area (TPSA) is 184 Å². The van der Waals surface area contributed by atoms with Gasteiger partial charge in [-0.1, -0.05) is 38.1 Å². The summed E-state index contributed by atoms with van der Waals surface area (Å²) in [4.78, 5) is 50.1. The fourth-order valence-electron chi connectivity index (χ4n) is 3.05. The molecule has 0 atom stereocenters. The molecule has 3 aromatic rings. The highest BCUT2D eigenvalue weighted by atomic mass is 31.2. The van der Waals surface area contributed by atoms with E-state index >= 15 is 0 Å². The fourth-order valence-corrected chi connectivity index (χ4v) is 3.05. The molecular weight excluding hydrogens is 472 g/mol. The summed E-state index contributed by atoms with van der Waals surface area (Å²) in [5.41, 5.74) is 2.23. The van der Waals surface area contributed by atoms with Crippen molar-refractivity contribution in [1.29, 1.82) is 0 Å². The Morgan fingerprint density at radius 2 is 1.39 bits per heavy atom. The average molecular weight is 503 g/mol. The largest absolute Gasteiger partial charge is 0.466 e. The maximum Gasteiger partial charge on any atom is 0.466 e. The van der Waals surface area contributed by atoms with E-state index in [4.69, 9.17) is 38.5 Å². The van der Waals surface area contributed by atoms with Gasteiger partial charge < -0.3 is 39.6 Å². The number of hydrogen-bond acceptors (Lipinski definition) is 5. The second-order valence-electron chi connectivity index (χ2n) is 6.91. The second-order valence-corrected chi connectivity index (χ2v) is 8.96. The number of rotatable bonds is 7. The highest BCUT2D eigenvalue weighted by molar-refractivity contribution is 7.45. The van der Waals surface area contributed by atoms with Gasteiger partial charge in [0, 0.05) is 23.8 Å². The van der Waals surface area contributed by atoms with Gasteiger partial charge >= 0.3 is 15.6 Å². The average Bonchev–Trinajstić information content (AvgIpc) is 2.70. The number of aromatic nitrogens is 1. The van der Waals surface area contributed by atoms with Crippen LogP contribution in [-0.4, -0.2) is 65.4 Å². The number of anilines is 1. The number of phosphoric acid groups is 2. The van der Waals surface area contributed by atoms with Gasteiger partial charge in [0.2, 0.25) is 0 Å². The van der Waals surface area contributed by atoms with Crippen LogP contribution >= 0.6 is 15.6 Å². The number of fused-ring (bicyclic) bond motifs is 2. The lowest BCUT2D eigenvalue weighted by Gasteiger charge is -2.18. The molecule has 3 rings (SSSR count). The molecule has 11 nitrogen and oxygen atoms in total. The van der Waals surface area contributed by atoms with Crippen molar-refractivity contribution in [1.82, 2.24) is 9.88 Å². The molecule has 7 N–H and O–H groups in total. The van der Waals surface area contributed by atoms with Crippen molar-refractivity contribution >= 4 is 43.0 Å². The standard InChI is InChI=1S/C20H25N3.2H3O4P/c1-3-23(4-2)13-7-11-21-19-10-12-22-20-15-17-9-6-5-8-16(17)14-18(19)20;2*1-5(2,3)4/h5-6,8-10,12,14-15H,3-4,7,11,13H2,1-2H3,(H,21,22);2*(H3,1,2,3,4). The van der Waals surface area contributed by atoms with Crippen LogP contribution in [0.5, 0.6) is 0 Å². The highest BCUT2D eigenvalue weighted by Crippen LogP contribution is 2.27. The fraction of sp³-hybridized carbons (Fsp3) is 0.350. The van der Waals surface area contributed by atoms with Gasteiger partial charge in [-0.3, -0.25) is 4.98 Å². The first-order valence-corrected chi connectivity index (χ1v) is 13.2. The summed E-state index contributed by atoms with van der Waals surface area (Å²) in [6, 6.07) is 14.9. The molecule has 0 bridgehead atoms. The lowest BCUT2D eigenvalue weighted by Crippen LogP contribution is -2.25. The van der Waals surface area contributed by atoms with E-state index in [1.807, 2.05) is 6.20 Å². The Balaban J connectivity index is 0.000000460. The van der Waals surface area contributed by atoms with Gasteiger partial charge in [-0.2, -0.15) is 0 Å². The summed E-state index contributed by atoms with van der Waals surface area (Å²) < 4.78 is 17.8. The lowest BCUT2D eigenvalue weighted by molar-refractivity contribution is 0.272. The summed E-state index contributed by atoms with van der Waals surface area (Å²) in [6.07, 6.45) is 3.04. The number of benzene rings is 2. The van der Waals surface area contributed by atoms with Crippen LogP contribution in [0.15, 0.2) is 48.7 Å². The van der Waals surface area contributed by atoms with Crippen molar-refractivity contribution in [3.8, 4) is 0 Å². The van der Waals surface area contributed by atoms with E-state index in [9.17, 15) is 0 Å². The Bertz CT molecular complexity index is 1060. The summed E-state index contributed by atoms with van der Waals surface area (Å²) in [7, 11) is -9.28. The van der Waals surface area contributed by atoms with Crippen LogP contribution < -0.4 is 5.32 Å². The van der Waals surface area contributed by atoms with Crippen LogP contribution in [0.25, 0.3) is 21.7 Å². The Morgan fingerprint density at radius 1 is 0.879 bits per heavy atom. The van der Waals surface area contributed by atoms with Gasteiger partial charge in [0.15, 0.2) is 0 Å². The molecule has 2 aromatic carbocycles. The zero-order valence-corrected chi connectivity index (χ0v) is 20.2. The molecule has 0 aliphatic carbocycles. The van der Waals surface area contributed by atoms with E-state index in [1.165, 1.54) is 21.8 Å². The monoisotopic (exact) mass is 503 g/mol.